The average molecular weight is 231 g/mol. The van der Waals surface area contributed by atoms with Crippen LogP contribution in [0.25, 0.3) is 0 Å². The van der Waals surface area contributed by atoms with Crippen LogP contribution in [0.2, 0.25) is 0 Å². The summed E-state index contributed by atoms with van der Waals surface area (Å²) in [7, 11) is 0. The Morgan fingerprint density at radius 2 is 2.19 bits per heavy atom. The van der Waals surface area contributed by atoms with Gasteiger partial charge in [-0.2, -0.15) is 0 Å². The van der Waals surface area contributed by atoms with E-state index >= 15 is 0 Å². The van der Waals surface area contributed by atoms with Crippen LogP contribution >= 0.6 is 0 Å². The van der Waals surface area contributed by atoms with Crippen molar-refractivity contribution in [2.24, 2.45) is 0 Å². The van der Waals surface area contributed by atoms with E-state index in [9.17, 15) is 13.6 Å². The number of aliphatic carboxylic acids is 1. The van der Waals surface area contributed by atoms with Gasteiger partial charge in [0.25, 0.3) is 0 Å². The van der Waals surface area contributed by atoms with Gasteiger partial charge in [0.1, 0.15) is 18.2 Å². The van der Waals surface area contributed by atoms with Gasteiger partial charge in [-0.1, -0.05) is 0 Å². The Bertz CT molecular complexity index is 422. The fraction of sp³-hybridized carbons (Fsp3) is 0.667. The van der Waals surface area contributed by atoms with E-state index in [2.05, 4.69) is 10.2 Å². The quantitative estimate of drug-likeness (QED) is 0.848. The summed E-state index contributed by atoms with van der Waals surface area (Å²) in [6, 6.07) is 0. The maximum Gasteiger partial charge on any atom is 0.323 e. The van der Waals surface area contributed by atoms with Gasteiger partial charge < -0.3 is 9.67 Å². The predicted octanol–water partition coefficient (Wildman–Crippen LogP) is 1.18. The monoisotopic (exact) mass is 231 g/mol. The van der Waals surface area contributed by atoms with Gasteiger partial charge in [0.05, 0.1) is 0 Å². The van der Waals surface area contributed by atoms with Crippen molar-refractivity contribution in [3.63, 3.8) is 0 Å². The lowest BCUT2D eigenvalue weighted by molar-refractivity contribution is -0.137. The molecular formula is C9H11F2N3O2. The van der Waals surface area contributed by atoms with E-state index < -0.39 is 11.9 Å². The van der Waals surface area contributed by atoms with Gasteiger partial charge in [0, 0.05) is 18.8 Å². The van der Waals surface area contributed by atoms with Crippen molar-refractivity contribution in [1.29, 1.82) is 0 Å². The molecule has 2 rings (SSSR count). The maximum atomic E-state index is 12.7. The highest BCUT2D eigenvalue weighted by Gasteiger charge is 2.48. The summed E-state index contributed by atoms with van der Waals surface area (Å²) in [5.41, 5.74) is 0. The van der Waals surface area contributed by atoms with Crippen molar-refractivity contribution in [2.45, 2.75) is 38.2 Å². The molecule has 1 fully saturated rings. The van der Waals surface area contributed by atoms with Gasteiger partial charge in [-0.3, -0.25) is 4.79 Å². The Balaban J connectivity index is 2.19. The van der Waals surface area contributed by atoms with Gasteiger partial charge in [-0.15, -0.1) is 10.2 Å². The summed E-state index contributed by atoms with van der Waals surface area (Å²) in [6.45, 7) is 1.33. The highest BCUT2D eigenvalue weighted by Crippen LogP contribution is 2.47. The number of hydrogen-bond donors (Lipinski definition) is 1. The fourth-order valence-corrected chi connectivity index (χ4v) is 1.87. The Hall–Kier alpha value is -1.53. The second-order valence-electron chi connectivity index (χ2n) is 4.05. The lowest BCUT2D eigenvalue weighted by Gasteiger charge is -2.34. The number of aromatic nitrogens is 3. The van der Waals surface area contributed by atoms with Crippen molar-refractivity contribution in [1.82, 2.24) is 14.8 Å². The summed E-state index contributed by atoms with van der Waals surface area (Å²) in [4.78, 5) is 10.6. The molecule has 5 nitrogen and oxygen atoms in total. The number of halogens is 2. The molecule has 1 aromatic heterocycles. The van der Waals surface area contributed by atoms with E-state index in [1.165, 1.54) is 4.57 Å². The minimum atomic E-state index is -2.64. The van der Waals surface area contributed by atoms with Crippen LogP contribution in [0, 0.1) is 6.92 Å². The van der Waals surface area contributed by atoms with E-state index in [4.69, 9.17) is 5.11 Å². The third-order valence-corrected chi connectivity index (χ3v) is 2.71. The third kappa shape index (κ3) is 1.89. The Morgan fingerprint density at radius 1 is 1.56 bits per heavy atom. The maximum absolute atomic E-state index is 12.7. The molecule has 0 bridgehead atoms. The molecule has 0 aliphatic heterocycles. The summed E-state index contributed by atoms with van der Waals surface area (Å²) >= 11 is 0. The second-order valence-corrected chi connectivity index (χ2v) is 4.05. The lowest BCUT2D eigenvalue weighted by atomic mass is 9.81. The smallest absolute Gasteiger partial charge is 0.323 e. The Kier molecular flexibility index (Phi) is 2.40. The number of carboxylic acids is 1. The Morgan fingerprint density at radius 3 is 2.69 bits per heavy atom. The van der Waals surface area contributed by atoms with Crippen molar-refractivity contribution in [2.75, 3.05) is 0 Å². The van der Waals surface area contributed by atoms with Crippen molar-refractivity contribution >= 4 is 5.97 Å². The summed E-state index contributed by atoms with van der Waals surface area (Å²) in [5.74, 6) is -3.26. The van der Waals surface area contributed by atoms with Gasteiger partial charge in [-0.25, -0.2) is 8.78 Å². The number of nitrogens with zero attached hydrogens (tertiary/aromatic N) is 3. The standard InChI is InChI=1S/C9H11F2N3O2/c1-5-12-13-8(14(5)4-7(15)16)6-2-9(10,11)3-6/h6H,2-4H2,1H3,(H,15,16). The highest BCUT2D eigenvalue weighted by molar-refractivity contribution is 5.66. The van der Waals surface area contributed by atoms with Crippen LogP contribution in [0.4, 0.5) is 8.78 Å². The van der Waals surface area contributed by atoms with Crippen LogP contribution in [0.1, 0.15) is 30.4 Å². The van der Waals surface area contributed by atoms with E-state index in [1.807, 2.05) is 0 Å². The molecule has 0 atom stereocenters. The van der Waals surface area contributed by atoms with Crippen LogP contribution in [-0.2, 0) is 11.3 Å². The molecule has 88 valence electrons. The molecule has 16 heavy (non-hydrogen) atoms. The van der Waals surface area contributed by atoms with Gasteiger partial charge in [0.15, 0.2) is 0 Å². The van der Waals surface area contributed by atoms with Gasteiger partial charge in [0.2, 0.25) is 5.92 Å². The number of carbonyl (C=O) groups is 1. The summed E-state index contributed by atoms with van der Waals surface area (Å²) in [5, 5.41) is 16.2. The molecule has 1 heterocycles. The minimum Gasteiger partial charge on any atom is -0.480 e. The number of hydrogen-bond acceptors (Lipinski definition) is 3. The van der Waals surface area contributed by atoms with Crippen LogP contribution in [-0.4, -0.2) is 31.8 Å². The zero-order chi connectivity index (χ0) is 11.9. The molecule has 1 N–H and O–H groups in total. The first-order valence-corrected chi connectivity index (χ1v) is 4.88. The number of alkyl halides is 2. The molecule has 0 aromatic carbocycles. The zero-order valence-electron chi connectivity index (χ0n) is 8.65. The summed E-state index contributed by atoms with van der Waals surface area (Å²) in [6.07, 6.45) is -0.546. The molecule has 1 aliphatic rings. The normalized spacial score (nSPS) is 19.4. The van der Waals surface area contributed by atoms with Gasteiger partial charge in [-0.05, 0) is 6.92 Å². The van der Waals surface area contributed by atoms with Crippen molar-refractivity contribution in [3.8, 4) is 0 Å². The van der Waals surface area contributed by atoms with Crippen LogP contribution in [0.3, 0.4) is 0 Å². The molecule has 0 saturated heterocycles. The first kappa shape index (κ1) is 11.0. The van der Waals surface area contributed by atoms with Crippen LogP contribution in [0.5, 0.6) is 0 Å². The lowest BCUT2D eigenvalue weighted by Crippen LogP contribution is -2.35. The van der Waals surface area contributed by atoms with E-state index in [0.29, 0.717) is 11.6 Å². The SMILES string of the molecule is Cc1nnc(C2CC(F)(F)C2)n1CC(=O)O. The third-order valence-electron chi connectivity index (χ3n) is 2.71. The first-order valence-electron chi connectivity index (χ1n) is 4.88. The van der Waals surface area contributed by atoms with Crippen LogP contribution < -0.4 is 0 Å². The molecule has 0 spiro atoms. The Labute approximate surface area is 90.1 Å². The van der Waals surface area contributed by atoms with Crippen LogP contribution in [0.15, 0.2) is 0 Å². The fourth-order valence-electron chi connectivity index (χ4n) is 1.87. The van der Waals surface area contributed by atoms with Crippen molar-refractivity contribution < 1.29 is 18.7 Å². The van der Waals surface area contributed by atoms with E-state index in [1.54, 1.807) is 6.92 Å². The molecule has 1 aliphatic carbocycles. The molecule has 0 amide bonds. The number of aryl methyl sites for hydroxylation is 1. The van der Waals surface area contributed by atoms with E-state index in [-0.39, 0.29) is 25.3 Å². The number of rotatable bonds is 3. The number of carboxylic acid groups (broad SMARTS) is 1. The second kappa shape index (κ2) is 3.50. The molecular weight excluding hydrogens is 220 g/mol. The zero-order valence-corrected chi connectivity index (χ0v) is 8.65. The average Bonchev–Trinajstić information content (AvgIpc) is 2.43. The minimum absolute atomic E-state index is 0.273. The highest BCUT2D eigenvalue weighted by atomic mass is 19.3. The summed E-state index contributed by atoms with van der Waals surface area (Å²) < 4.78 is 26.8. The largest absolute Gasteiger partial charge is 0.480 e. The molecule has 1 saturated carbocycles. The van der Waals surface area contributed by atoms with Crippen molar-refractivity contribution in [3.05, 3.63) is 11.6 Å². The molecule has 1 aromatic rings. The topological polar surface area (TPSA) is 68.0 Å². The molecule has 0 unspecified atom stereocenters. The van der Waals surface area contributed by atoms with Gasteiger partial charge >= 0.3 is 5.97 Å². The molecule has 0 radical (unpaired) electrons. The first-order chi connectivity index (χ1) is 7.39. The molecule has 7 heteroatoms. The predicted molar refractivity (Wildman–Crippen MR) is 49.3 cm³/mol. The van der Waals surface area contributed by atoms with E-state index in [0.717, 1.165) is 0 Å².